The zero-order valence-electron chi connectivity index (χ0n) is 12.1. The van der Waals surface area contributed by atoms with E-state index in [4.69, 9.17) is 4.74 Å². The lowest BCUT2D eigenvalue weighted by Crippen LogP contribution is -2.30. The number of hydrogen-bond donors (Lipinski definition) is 0. The molecule has 18 heavy (non-hydrogen) atoms. The molecule has 0 aromatic heterocycles. The Balaban J connectivity index is 1.77. The predicted molar refractivity (Wildman–Crippen MR) is 84.7 cm³/mol. The highest BCUT2D eigenvalue weighted by Crippen LogP contribution is 2.39. The Morgan fingerprint density at radius 1 is 1.11 bits per heavy atom. The Morgan fingerprint density at radius 2 is 1.83 bits per heavy atom. The van der Waals surface area contributed by atoms with Crippen molar-refractivity contribution in [2.24, 2.45) is 17.8 Å². The van der Waals surface area contributed by atoms with Gasteiger partial charge >= 0.3 is 0 Å². The van der Waals surface area contributed by atoms with Crippen molar-refractivity contribution in [2.45, 2.75) is 50.5 Å². The van der Waals surface area contributed by atoms with Crippen molar-refractivity contribution < 1.29 is 4.74 Å². The maximum absolute atomic E-state index is 5.48. The zero-order valence-corrected chi connectivity index (χ0v) is 13.7. The van der Waals surface area contributed by atoms with Crippen molar-refractivity contribution in [1.29, 1.82) is 0 Å². The van der Waals surface area contributed by atoms with E-state index >= 15 is 0 Å². The van der Waals surface area contributed by atoms with Crippen molar-refractivity contribution in [1.82, 2.24) is 0 Å². The summed E-state index contributed by atoms with van der Waals surface area (Å²) >= 11 is 4.46. The van der Waals surface area contributed by atoms with Gasteiger partial charge in [0.05, 0.1) is 0 Å². The second kappa shape index (κ2) is 7.44. The van der Waals surface area contributed by atoms with Crippen molar-refractivity contribution in [3.05, 3.63) is 0 Å². The van der Waals surface area contributed by atoms with Crippen LogP contribution in [0.25, 0.3) is 0 Å². The number of rotatable bonds is 4. The molecule has 2 aliphatic heterocycles. The normalized spacial score (nSPS) is 32.7. The Bertz CT molecular complexity index is 239. The molecule has 2 heterocycles. The van der Waals surface area contributed by atoms with Crippen LogP contribution in [-0.4, -0.2) is 35.2 Å². The van der Waals surface area contributed by atoms with Crippen LogP contribution < -0.4 is 0 Å². The summed E-state index contributed by atoms with van der Waals surface area (Å²) in [5.41, 5.74) is 0. The van der Waals surface area contributed by atoms with Gasteiger partial charge in [-0.25, -0.2) is 0 Å². The molecule has 3 heteroatoms. The van der Waals surface area contributed by atoms with E-state index in [1.165, 1.54) is 30.8 Å². The van der Waals surface area contributed by atoms with Gasteiger partial charge in [-0.1, -0.05) is 20.8 Å². The van der Waals surface area contributed by atoms with Crippen LogP contribution in [0.2, 0.25) is 0 Å². The molecule has 106 valence electrons. The van der Waals surface area contributed by atoms with Crippen molar-refractivity contribution >= 4 is 23.5 Å². The molecule has 0 amide bonds. The fraction of sp³-hybridized carbons (Fsp3) is 1.00. The SMILES string of the molecule is CC(C)C1CSCC(CC(C)C2CCOCC2)S1. The molecule has 2 aliphatic rings. The van der Waals surface area contributed by atoms with Gasteiger partial charge in [-0.2, -0.15) is 23.5 Å². The maximum Gasteiger partial charge on any atom is 0.0468 e. The number of hydrogen-bond acceptors (Lipinski definition) is 3. The average molecular weight is 289 g/mol. The fourth-order valence-electron chi connectivity index (χ4n) is 3.01. The molecule has 0 radical (unpaired) electrons. The second-order valence-corrected chi connectivity index (χ2v) is 8.86. The summed E-state index contributed by atoms with van der Waals surface area (Å²) in [4.78, 5) is 0. The van der Waals surface area contributed by atoms with Gasteiger partial charge in [0.25, 0.3) is 0 Å². The lowest BCUT2D eigenvalue weighted by molar-refractivity contribution is 0.0482. The third-order valence-electron chi connectivity index (χ3n) is 4.40. The minimum Gasteiger partial charge on any atom is -0.381 e. The molecule has 0 aromatic carbocycles. The summed E-state index contributed by atoms with van der Waals surface area (Å²) in [6.07, 6.45) is 4.00. The first kappa shape index (κ1) is 15.1. The molecule has 1 nitrogen and oxygen atoms in total. The largest absolute Gasteiger partial charge is 0.381 e. The molecule has 2 saturated heterocycles. The topological polar surface area (TPSA) is 9.23 Å². The van der Waals surface area contributed by atoms with Crippen LogP contribution in [0.1, 0.15) is 40.0 Å². The standard InChI is InChI=1S/C15H28OS2/c1-11(2)15-10-17-9-14(18-15)8-12(3)13-4-6-16-7-5-13/h11-15H,4-10H2,1-3H3. The summed E-state index contributed by atoms with van der Waals surface area (Å²) in [5, 5.41) is 1.78. The van der Waals surface area contributed by atoms with Crippen LogP contribution in [0.15, 0.2) is 0 Å². The van der Waals surface area contributed by atoms with E-state index in [0.717, 1.165) is 41.5 Å². The van der Waals surface area contributed by atoms with E-state index in [9.17, 15) is 0 Å². The van der Waals surface area contributed by atoms with Crippen LogP contribution in [0.3, 0.4) is 0 Å². The van der Waals surface area contributed by atoms with Gasteiger partial charge in [-0.3, -0.25) is 0 Å². The van der Waals surface area contributed by atoms with Gasteiger partial charge in [0, 0.05) is 35.2 Å². The van der Waals surface area contributed by atoms with E-state index in [1.54, 1.807) is 0 Å². The van der Waals surface area contributed by atoms with E-state index < -0.39 is 0 Å². The molecule has 2 rings (SSSR count). The van der Waals surface area contributed by atoms with Gasteiger partial charge < -0.3 is 4.74 Å². The Hall–Kier alpha value is 0.660. The molecule has 3 atom stereocenters. The first-order valence-electron chi connectivity index (χ1n) is 7.47. The summed E-state index contributed by atoms with van der Waals surface area (Å²) in [5.74, 6) is 5.39. The van der Waals surface area contributed by atoms with E-state index in [0.29, 0.717) is 0 Å². The number of ether oxygens (including phenoxy) is 1. The highest BCUT2D eigenvalue weighted by molar-refractivity contribution is 8.07. The summed E-state index contributed by atoms with van der Waals surface area (Å²) in [6, 6.07) is 0. The van der Waals surface area contributed by atoms with E-state index in [2.05, 4.69) is 44.3 Å². The fourth-order valence-corrected chi connectivity index (χ4v) is 6.59. The third kappa shape index (κ3) is 4.35. The third-order valence-corrected chi connectivity index (χ3v) is 7.86. The van der Waals surface area contributed by atoms with Crippen LogP contribution in [0.4, 0.5) is 0 Å². The Kier molecular flexibility index (Phi) is 6.23. The minimum absolute atomic E-state index is 0.837. The lowest BCUT2D eigenvalue weighted by atomic mass is 9.84. The average Bonchev–Trinajstić information content (AvgIpc) is 2.40. The molecule has 0 aromatic rings. The van der Waals surface area contributed by atoms with Gasteiger partial charge in [-0.05, 0) is 37.0 Å². The van der Waals surface area contributed by atoms with Crippen molar-refractivity contribution in [3.63, 3.8) is 0 Å². The lowest BCUT2D eigenvalue weighted by Gasteiger charge is -2.35. The number of thioether (sulfide) groups is 2. The molecular weight excluding hydrogens is 260 g/mol. The minimum atomic E-state index is 0.837. The monoisotopic (exact) mass is 288 g/mol. The Labute approximate surface area is 121 Å². The van der Waals surface area contributed by atoms with E-state index in [1.807, 2.05) is 0 Å². The van der Waals surface area contributed by atoms with Gasteiger partial charge in [0.15, 0.2) is 0 Å². The van der Waals surface area contributed by atoms with E-state index in [-0.39, 0.29) is 0 Å². The van der Waals surface area contributed by atoms with Gasteiger partial charge in [0.2, 0.25) is 0 Å². The van der Waals surface area contributed by atoms with Crippen LogP contribution in [0.5, 0.6) is 0 Å². The molecule has 0 spiro atoms. The molecule has 0 saturated carbocycles. The molecule has 0 aliphatic carbocycles. The quantitative estimate of drug-likeness (QED) is 0.763. The first-order chi connectivity index (χ1) is 8.66. The predicted octanol–water partition coefficient (Wildman–Crippen LogP) is 4.31. The van der Waals surface area contributed by atoms with Crippen LogP contribution >= 0.6 is 23.5 Å². The summed E-state index contributed by atoms with van der Waals surface area (Å²) < 4.78 is 5.48. The Morgan fingerprint density at radius 3 is 2.50 bits per heavy atom. The summed E-state index contributed by atoms with van der Waals surface area (Å²) in [7, 11) is 0. The second-order valence-electron chi connectivity index (χ2n) is 6.24. The summed E-state index contributed by atoms with van der Waals surface area (Å²) in [6.45, 7) is 9.22. The van der Waals surface area contributed by atoms with Gasteiger partial charge in [0.1, 0.15) is 0 Å². The zero-order chi connectivity index (χ0) is 13.0. The molecule has 0 bridgehead atoms. The van der Waals surface area contributed by atoms with Crippen molar-refractivity contribution in [3.8, 4) is 0 Å². The van der Waals surface area contributed by atoms with Crippen LogP contribution in [0, 0.1) is 17.8 Å². The molecule has 3 unspecified atom stereocenters. The van der Waals surface area contributed by atoms with Crippen molar-refractivity contribution in [2.75, 3.05) is 24.7 Å². The highest BCUT2D eigenvalue weighted by atomic mass is 32.2. The highest BCUT2D eigenvalue weighted by Gasteiger charge is 2.29. The maximum atomic E-state index is 5.48. The molecule has 2 fully saturated rings. The molecule has 0 N–H and O–H groups in total. The van der Waals surface area contributed by atoms with Gasteiger partial charge in [-0.15, -0.1) is 0 Å². The first-order valence-corrected chi connectivity index (χ1v) is 9.57. The molecular formula is C15H28OS2. The smallest absolute Gasteiger partial charge is 0.0468 e. The van der Waals surface area contributed by atoms with Crippen LogP contribution in [-0.2, 0) is 4.74 Å².